The Labute approximate surface area is 136 Å². The predicted octanol–water partition coefficient (Wildman–Crippen LogP) is 1.28. The molecular weight excluding hydrogens is 292 g/mol. The minimum Gasteiger partial charge on any atom is -0.389 e. The van der Waals surface area contributed by atoms with E-state index in [4.69, 9.17) is 4.74 Å². The molecule has 1 aliphatic rings. The molecule has 2 atom stereocenters. The van der Waals surface area contributed by atoms with E-state index < -0.39 is 6.10 Å². The first-order valence-corrected chi connectivity index (χ1v) is 7.77. The summed E-state index contributed by atoms with van der Waals surface area (Å²) in [7, 11) is 1.98. The van der Waals surface area contributed by atoms with E-state index in [1.165, 1.54) is 5.56 Å². The van der Waals surface area contributed by atoms with Crippen LogP contribution in [0.5, 0.6) is 0 Å². The third-order valence-electron chi connectivity index (χ3n) is 4.02. The van der Waals surface area contributed by atoms with Gasteiger partial charge in [0.25, 0.3) is 0 Å². The highest BCUT2D eigenvalue weighted by molar-refractivity contribution is 5.27. The maximum absolute atomic E-state index is 9.85. The largest absolute Gasteiger partial charge is 0.389 e. The van der Waals surface area contributed by atoms with E-state index in [-0.39, 0.29) is 6.04 Å². The topological polar surface area (TPSA) is 70.5 Å². The van der Waals surface area contributed by atoms with Crippen LogP contribution in [0.4, 0.5) is 5.95 Å². The molecule has 3 rings (SSSR count). The van der Waals surface area contributed by atoms with Gasteiger partial charge in [0.2, 0.25) is 5.95 Å². The molecule has 0 bridgehead atoms. The lowest BCUT2D eigenvalue weighted by atomic mass is 10.2. The average molecular weight is 314 g/mol. The van der Waals surface area contributed by atoms with E-state index in [1.54, 1.807) is 0 Å². The zero-order chi connectivity index (χ0) is 16.1. The number of nitrogens with one attached hydrogen (secondary N) is 1. The smallest absolute Gasteiger partial charge is 0.222 e. The number of nitrogens with zero attached hydrogens (tertiary/aromatic N) is 3. The number of likely N-dealkylation sites (N-methyl/N-ethyl adjacent to an activating group) is 1. The molecule has 6 heteroatoms. The average Bonchev–Trinajstić information content (AvgIpc) is 3.01. The summed E-state index contributed by atoms with van der Waals surface area (Å²) in [6.45, 7) is 2.36. The van der Waals surface area contributed by atoms with Crippen molar-refractivity contribution < 1.29 is 9.84 Å². The third kappa shape index (κ3) is 4.25. The molecule has 1 aromatic carbocycles. The number of aliphatic hydroxyl groups is 1. The van der Waals surface area contributed by atoms with Crippen LogP contribution >= 0.6 is 0 Å². The first-order valence-electron chi connectivity index (χ1n) is 7.77. The van der Waals surface area contributed by atoms with Crippen molar-refractivity contribution in [1.29, 1.82) is 0 Å². The van der Waals surface area contributed by atoms with Gasteiger partial charge in [-0.05, 0) is 12.6 Å². The Morgan fingerprint density at radius 3 is 2.57 bits per heavy atom. The predicted molar refractivity (Wildman–Crippen MR) is 87.9 cm³/mol. The summed E-state index contributed by atoms with van der Waals surface area (Å²) in [6, 6.07) is 10.2. The molecule has 0 spiro atoms. The van der Waals surface area contributed by atoms with Gasteiger partial charge >= 0.3 is 0 Å². The number of ether oxygens (including phenoxy) is 1. The Kier molecular flexibility index (Phi) is 5.17. The van der Waals surface area contributed by atoms with Crippen molar-refractivity contribution in [3.63, 3.8) is 0 Å². The van der Waals surface area contributed by atoms with Crippen molar-refractivity contribution in [2.24, 2.45) is 0 Å². The summed E-state index contributed by atoms with van der Waals surface area (Å²) in [5.74, 6) is 0.615. The number of hydrogen-bond acceptors (Lipinski definition) is 6. The molecular formula is C17H22N4O2. The van der Waals surface area contributed by atoms with Gasteiger partial charge in [0.1, 0.15) is 0 Å². The van der Waals surface area contributed by atoms with E-state index in [1.807, 2.05) is 37.6 Å². The molecule has 1 fully saturated rings. The first-order chi connectivity index (χ1) is 11.2. The highest BCUT2D eigenvalue weighted by atomic mass is 16.5. The summed E-state index contributed by atoms with van der Waals surface area (Å²) in [4.78, 5) is 10.8. The molecule has 1 aromatic heterocycles. The Hall–Kier alpha value is -2.02. The van der Waals surface area contributed by atoms with Gasteiger partial charge in [0.15, 0.2) is 0 Å². The molecule has 0 aliphatic carbocycles. The second-order valence-corrected chi connectivity index (χ2v) is 5.84. The van der Waals surface area contributed by atoms with Crippen molar-refractivity contribution in [1.82, 2.24) is 14.9 Å². The zero-order valence-electron chi connectivity index (χ0n) is 13.2. The van der Waals surface area contributed by atoms with Crippen LogP contribution in [0.1, 0.15) is 11.1 Å². The van der Waals surface area contributed by atoms with Gasteiger partial charge in [-0.25, -0.2) is 9.97 Å². The Balaban J connectivity index is 1.52. The monoisotopic (exact) mass is 314 g/mol. The van der Waals surface area contributed by atoms with Gasteiger partial charge in [0.05, 0.1) is 25.4 Å². The van der Waals surface area contributed by atoms with Crippen molar-refractivity contribution >= 4 is 5.95 Å². The summed E-state index contributed by atoms with van der Waals surface area (Å²) >= 11 is 0. The summed E-state index contributed by atoms with van der Waals surface area (Å²) < 4.78 is 5.29. The van der Waals surface area contributed by atoms with Gasteiger partial charge in [-0.3, -0.25) is 4.90 Å². The molecule has 23 heavy (non-hydrogen) atoms. The van der Waals surface area contributed by atoms with Crippen LogP contribution in [0.15, 0.2) is 42.7 Å². The fourth-order valence-electron chi connectivity index (χ4n) is 2.66. The van der Waals surface area contributed by atoms with Crippen LogP contribution in [-0.4, -0.2) is 52.4 Å². The highest BCUT2D eigenvalue weighted by Gasteiger charge is 2.29. The number of aliphatic hydroxyl groups excluding tert-OH is 1. The van der Waals surface area contributed by atoms with Gasteiger partial charge < -0.3 is 15.2 Å². The van der Waals surface area contributed by atoms with Crippen molar-refractivity contribution in [3.8, 4) is 0 Å². The van der Waals surface area contributed by atoms with E-state index >= 15 is 0 Å². The Bertz CT molecular complexity index is 606. The number of anilines is 1. The molecule has 0 saturated carbocycles. The molecule has 0 amide bonds. The summed E-state index contributed by atoms with van der Waals surface area (Å²) in [5.41, 5.74) is 2.20. The third-order valence-corrected chi connectivity index (χ3v) is 4.02. The first kappa shape index (κ1) is 15.9. The maximum atomic E-state index is 9.85. The van der Waals surface area contributed by atoms with Crippen LogP contribution in [0, 0.1) is 0 Å². The number of rotatable bonds is 6. The van der Waals surface area contributed by atoms with E-state index in [0.717, 1.165) is 5.56 Å². The van der Waals surface area contributed by atoms with Crippen LogP contribution in [0.2, 0.25) is 0 Å². The lowest BCUT2D eigenvalue weighted by Gasteiger charge is -2.25. The second-order valence-electron chi connectivity index (χ2n) is 5.84. The van der Waals surface area contributed by atoms with Gasteiger partial charge in [-0.2, -0.15) is 0 Å². The zero-order valence-corrected chi connectivity index (χ0v) is 13.2. The van der Waals surface area contributed by atoms with Gasteiger partial charge in [0, 0.05) is 31.0 Å². The second kappa shape index (κ2) is 7.50. The lowest BCUT2D eigenvalue weighted by Crippen LogP contribution is -2.39. The number of hydrogen-bond donors (Lipinski definition) is 2. The number of benzene rings is 1. The molecule has 0 radical (unpaired) electrons. The molecule has 2 unspecified atom stereocenters. The standard InChI is InChI=1S/C17H22N4O2/c1-21(15-11-23-12-16(15)22)10-14-8-19-17(20-9-14)18-7-13-5-3-2-4-6-13/h2-6,8-9,15-16,22H,7,10-12H2,1H3,(H,18,19,20). The van der Waals surface area contributed by atoms with E-state index in [2.05, 4.69) is 32.3 Å². The quantitative estimate of drug-likeness (QED) is 0.837. The number of aromatic nitrogens is 2. The molecule has 6 nitrogen and oxygen atoms in total. The minimum atomic E-state index is -0.423. The molecule has 1 saturated heterocycles. The highest BCUT2D eigenvalue weighted by Crippen LogP contribution is 2.14. The van der Waals surface area contributed by atoms with Crippen molar-refractivity contribution in [3.05, 3.63) is 53.9 Å². The normalized spacial score (nSPS) is 20.8. The molecule has 122 valence electrons. The molecule has 2 aromatic rings. The van der Waals surface area contributed by atoms with Crippen LogP contribution < -0.4 is 5.32 Å². The molecule has 1 aliphatic heterocycles. The fourth-order valence-corrected chi connectivity index (χ4v) is 2.66. The summed E-state index contributed by atoms with van der Waals surface area (Å²) in [6.07, 6.45) is 3.21. The van der Waals surface area contributed by atoms with E-state index in [9.17, 15) is 5.11 Å². The fraction of sp³-hybridized carbons (Fsp3) is 0.412. The Morgan fingerprint density at radius 2 is 1.91 bits per heavy atom. The van der Waals surface area contributed by atoms with Crippen LogP contribution in [-0.2, 0) is 17.8 Å². The van der Waals surface area contributed by atoms with Crippen molar-refractivity contribution in [2.45, 2.75) is 25.2 Å². The molecule has 2 heterocycles. The summed E-state index contributed by atoms with van der Waals surface area (Å²) in [5, 5.41) is 13.1. The SMILES string of the molecule is CN(Cc1cnc(NCc2ccccc2)nc1)C1COCC1O. The molecule has 2 N–H and O–H groups in total. The van der Waals surface area contributed by atoms with Crippen LogP contribution in [0.3, 0.4) is 0 Å². The van der Waals surface area contributed by atoms with E-state index in [0.29, 0.717) is 32.3 Å². The lowest BCUT2D eigenvalue weighted by molar-refractivity contribution is 0.0924. The maximum Gasteiger partial charge on any atom is 0.222 e. The van der Waals surface area contributed by atoms with Gasteiger partial charge in [-0.15, -0.1) is 0 Å². The minimum absolute atomic E-state index is 0.0332. The van der Waals surface area contributed by atoms with Gasteiger partial charge in [-0.1, -0.05) is 30.3 Å². The Morgan fingerprint density at radius 1 is 1.17 bits per heavy atom. The van der Waals surface area contributed by atoms with Crippen molar-refractivity contribution in [2.75, 3.05) is 25.6 Å². The van der Waals surface area contributed by atoms with Crippen LogP contribution in [0.25, 0.3) is 0 Å².